The fraction of sp³-hybridized carbons (Fsp3) is 0.692. The van der Waals surface area contributed by atoms with Crippen LogP contribution in [-0.4, -0.2) is 39.9 Å². The van der Waals surface area contributed by atoms with E-state index in [1.807, 2.05) is 0 Å². The highest BCUT2D eigenvalue weighted by Crippen LogP contribution is 2.38. The largest absolute Gasteiger partial charge is 0.383 e. The molecule has 1 aliphatic rings. The number of hydrogen-bond acceptors (Lipinski definition) is 5. The van der Waals surface area contributed by atoms with Crippen molar-refractivity contribution in [2.75, 3.05) is 17.2 Å². The number of hydrogen-bond donors (Lipinski definition) is 2. The minimum atomic E-state index is -3.02. The Balaban J connectivity index is 1.96. The van der Waals surface area contributed by atoms with Gasteiger partial charge in [0.25, 0.3) is 0 Å². The second kappa shape index (κ2) is 5.32. The van der Waals surface area contributed by atoms with Crippen LogP contribution in [0.1, 0.15) is 44.2 Å². The number of aryl methyl sites for hydroxylation is 1. The molecule has 21 heavy (non-hydrogen) atoms. The lowest BCUT2D eigenvalue weighted by Gasteiger charge is -2.06. The Labute approximate surface area is 123 Å². The van der Waals surface area contributed by atoms with E-state index in [9.17, 15) is 8.42 Å². The molecule has 0 bridgehead atoms. The second-order valence-electron chi connectivity index (χ2n) is 5.66. The van der Waals surface area contributed by atoms with E-state index >= 15 is 0 Å². The molecular weight excluding hydrogens is 290 g/mol. The second-order valence-corrected chi connectivity index (χ2v) is 8.13. The molecule has 0 aliphatic heterocycles. The molecule has 0 atom stereocenters. The molecule has 116 valence electrons. The van der Waals surface area contributed by atoms with Gasteiger partial charge in [-0.15, -0.1) is 0 Å². The first kappa shape index (κ1) is 14.4. The average molecular weight is 311 g/mol. The van der Waals surface area contributed by atoms with Crippen LogP contribution in [0, 0.1) is 0 Å². The third-order valence-electron chi connectivity index (χ3n) is 4.30. The van der Waals surface area contributed by atoms with E-state index < -0.39 is 9.84 Å². The molecule has 3 N–H and O–H groups in total. The summed E-state index contributed by atoms with van der Waals surface area (Å²) >= 11 is 0. The van der Waals surface area contributed by atoms with Gasteiger partial charge in [-0.2, -0.15) is 10.2 Å². The lowest BCUT2D eigenvalue weighted by molar-refractivity contribution is 0.578. The third-order valence-corrected chi connectivity index (χ3v) is 5.98. The molecule has 2 aromatic rings. The number of nitrogens with zero attached hydrogens (tertiary/aromatic N) is 3. The smallest absolute Gasteiger partial charge is 0.182 e. The molecule has 0 unspecified atom stereocenters. The fourth-order valence-corrected chi connectivity index (χ4v) is 3.76. The topological polar surface area (TPSA) is 107 Å². The van der Waals surface area contributed by atoms with Crippen molar-refractivity contribution in [3.8, 4) is 0 Å². The zero-order valence-electron chi connectivity index (χ0n) is 12.2. The molecule has 1 saturated carbocycles. The quantitative estimate of drug-likeness (QED) is 0.868. The molecule has 0 aromatic carbocycles. The van der Waals surface area contributed by atoms with Crippen molar-refractivity contribution in [1.29, 1.82) is 0 Å². The van der Waals surface area contributed by atoms with Gasteiger partial charge in [0, 0.05) is 11.7 Å². The summed E-state index contributed by atoms with van der Waals surface area (Å²) < 4.78 is 25.0. The van der Waals surface area contributed by atoms with Crippen LogP contribution in [0.4, 0.5) is 5.82 Å². The summed E-state index contributed by atoms with van der Waals surface area (Å²) in [7, 11) is -3.02. The van der Waals surface area contributed by atoms with Crippen LogP contribution in [0.15, 0.2) is 0 Å². The fourth-order valence-electron chi connectivity index (χ4n) is 3.02. The molecule has 3 rings (SSSR count). The Kier molecular flexibility index (Phi) is 3.64. The van der Waals surface area contributed by atoms with Gasteiger partial charge in [-0.25, -0.2) is 13.1 Å². The maximum absolute atomic E-state index is 11.7. The Hall–Kier alpha value is -1.57. The molecule has 0 amide bonds. The van der Waals surface area contributed by atoms with Gasteiger partial charge in [0.2, 0.25) is 0 Å². The highest BCUT2D eigenvalue weighted by molar-refractivity contribution is 7.91. The first-order valence-electron chi connectivity index (χ1n) is 7.42. The lowest BCUT2D eigenvalue weighted by Crippen LogP contribution is -2.15. The van der Waals surface area contributed by atoms with Crippen LogP contribution < -0.4 is 5.73 Å². The van der Waals surface area contributed by atoms with Crippen molar-refractivity contribution in [3.05, 3.63) is 5.69 Å². The molecule has 2 aromatic heterocycles. The number of nitrogen functional groups attached to an aromatic ring is 1. The molecule has 0 spiro atoms. The lowest BCUT2D eigenvalue weighted by atomic mass is 10.0. The first-order chi connectivity index (χ1) is 10.0. The van der Waals surface area contributed by atoms with E-state index in [4.69, 9.17) is 5.73 Å². The van der Waals surface area contributed by atoms with E-state index in [1.54, 1.807) is 11.6 Å². The third kappa shape index (κ3) is 2.64. The van der Waals surface area contributed by atoms with Crippen LogP contribution in [-0.2, 0) is 16.4 Å². The van der Waals surface area contributed by atoms with Crippen LogP contribution in [0.5, 0.6) is 0 Å². The van der Waals surface area contributed by atoms with Gasteiger partial charge in [0.1, 0.15) is 5.82 Å². The highest BCUT2D eigenvalue weighted by Gasteiger charge is 2.26. The van der Waals surface area contributed by atoms with Gasteiger partial charge in [-0.05, 0) is 12.8 Å². The molecular formula is C13H21N5O2S. The summed E-state index contributed by atoms with van der Waals surface area (Å²) in [4.78, 5) is 0. The number of nitrogens with one attached hydrogen (secondary N) is 1. The predicted molar refractivity (Wildman–Crippen MR) is 81.8 cm³/mol. The number of anilines is 1. The number of aromatic nitrogens is 4. The zero-order valence-corrected chi connectivity index (χ0v) is 13.0. The predicted octanol–water partition coefficient (Wildman–Crippen LogP) is 1.43. The van der Waals surface area contributed by atoms with Crippen molar-refractivity contribution < 1.29 is 8.42 Å². The number of sulfone groups is 1. The Bertz CT molecular complexity index is 740. The maximum Gasteiger partial charge on any atom is 0.182 e. The number of fused-ring (bicyclic) bond motifs is 1. The van der Waals surface area contributed by atoms with E-state index in [0.29, 0.717) is 23.9 Å². The Morgan fingerprint density at radius 1 is 1.38 bits per heavy atom. The Morgan fingerprint density at radius 3 is 2.76 bits per heavy atom. The molecule has 1 fully saturated rings. The SMILES string of the molecule is CCS(=O)(=O)CCn1nc(C2CCCC2)c2c(N)[nH]nc21. The summed E-state index contributed by atoms with van der Waals surface area (Å²) in [6.07, 6.45) is 4.65. The summed E-state index contributed by atoms with van der Waals surface area (Å²) in [6, 6.07) is 0. The van der Waals surface area contributed by atoms with Crippen LogP contribution in [0.3, 0.4) is 0 Å². The standard InChI is InChI=1S/C13H21N5O2S/c1-2-21(19,20)8-7-18-13-10(12(14)15-16-13)11(17-18)9-5-3-4-6-9/h9H,2-8H2,1H3,(H3,14,15,16). The number of H-pyrrole nitrogens is 1. The van der Waals surface area contributed by atoms with E-state index in [-0.39, 0.29) is 11.5 Å². The highest BCUT2D eigenvalue weighted by atomic mass is 32.2. The Morgan fingerprint density at radius 2 is 2.10 bits per heavy atom. The van der Waals surface area contributed by atoms with Crippen molar-refractivity contribution in [3.63, 3.8) is 0 Å². The minimum Gasteiger partial charge on any atom is -0.383 e. The van der Waals surface area contributed by atoms with Gasteiger partial charge in [-0.1, -0.05) is 19.8 Å². The average Bonchev–Trinajstić information content (AvgIpc) is 3.15. The van der Waals surface area contributed by atoms with E-state index in [0.717, 1.165) is 23.9 Å². The summed E-state index contributed by atoms with van der Waals surface area (Å²) in [5.74, 6) is 1.17. The zero-order chi connectivity index (χ0) is 15.0. The molecule has 2 heterocycles. The van der Waals surface area contributed by atoms with Gasteiger partial charge in [-0.3, -0.25) is 5.10 Å². The number of rotatable bonds is 5. The van der Waals surface area contributed by atoms with Crippen molar-refractivity contribution in [1.82, 2.24) is 20.0 Å². The summed E-state index contributed by atoms with van der Waals surface area (Å²) in [5, 5.41) is 12.5. The van der Waals surface area contributed by atoms with Crippen LogP contribution >= 0.6 is 0 Å². The molecule has 8 heteroatoms. The molecule has 0 radical (unpaired) electrons. The number of nitrogens with two attached hydrogens (primary N) is 1. The van der Waals surface area contributed by atoms with E-state index in [2.05, 4.69) is 15.3 Å². The van der Waals surface area contributed by atoms with Crippen molar-refractivity contribution in [2.24, 2.45) is 0 Å². The normalized spacial score (nSPS) is 17.0. The monoisotopic (exact) mass is 311 g/mol. The first-order valence-corrected chi connectivity index (χ1v) is 9.24. The van der Waals surface area contributed by atoms with Gasteiger partial charge < -0.3 is 5.73 Å². The minimum absolute atomic E-state index is 0.0805. The van der Waals surface area contributed by atoms with Gasteiger partial charge >= 0.3 is 0 Å². The maximum atomic E-state index is 11.7. The summed E-state index contributed by atoms with van der Waals surface area (Å²) in [5.41, 5.74) is 7.62. The van der Waals surface area contributed by atoms with Crippen molar-refractivity contribution in [2.45, 2.75) is 45.1 Å². The van der Waals surface area contributed by atoms with E-state index in [1.165, 1.54) is 12.8 Å². The number of aromatic amines is 1. The molecule has 7 nitrogen and oxygen atoms in total. The molecule has 1 aliphatic carbocycles. The van der Waals surface area contributed by atoms with Crippen molar-refractivity contribution >= 4 is 26.7 Å². The van der Waals surface area contributed by atoms with Gasteiger partial charge in [0.05, 0.1) is 23.4 Å². The van der Waals surface area contributed by atoms with Crippen LogP contribution in [0.2, 0.25) is 0 Å². The van der Waals surface area contributed by atoms with Crippen LogP contribution in [0.25, 0.3) is 11.0 Å². The van der Waals surface area contributed by atoms with Gasteiger partial charge in [0.15, 0.2) is 15.5 Å². The molecule has 0 saturated heterocycles. The summed E-state index contributed by atoms with van der Waals surface area (Å²) in [6.45, 7) is 1.98.